The lowest BCUT2D eigenvalue weighted by Crippen LogP contribution is -2.42. The standard InChI is InChI=1S/C18H16ClNO2S/c19-11-7-8-16-14(10-11)20-9-3-5-13(18(21)22)17(20)12-4-1-2-6-15(12)23-16/h1-2,4,6-8,10,13,17H,3,5,9H2,(H,21,22)/t13-,17+/m1/s1. The van der Waals surface area contributed by atoms with E-state index in [0.717, 1.165) is 34.0 Å². The second-order valence-corrected chi connectivity index (χ2v) is 7.50. The van der Waals surface area contributed by atoms with Crippen LogP contribution in [0.2, 0.25) is 5.02 Å². The SMILES string of the molecule is O=C(O)[C@@H]1CCCN2c3cc(Cl)ccc3Sc3ccccc3[C@@H]12. The molecule has 2 aromatic rings. The van der Waals surface area contributed by atoms with Gasteiger partial charge in [0.05, 0.1) is 17.6 Å². The number of piperidine rings is 1. The number of anilines is 1. The molecule has 2 aliphatic heterocycles. The van der Waals surface area contributed by atoms with Crippen LogP contribution in [0.1, 0.15) is 24.4 Å². The van der Waals surface area contributed by atoms with E-state index in [1.54, 1.807) is 11.8 Å². The smallest absolute Gasteiger partial charge is 0.308 e. The van der Waals surface area contributed by atoms with Crippen molar-refractivity contribution in [2.75, 3.05) is 11.4 Å². The Labute approximate surface area is 144 Å². The van der Waals surface area contributed by atoms with Crippen molar-refractivity contribution in [2.45, 2.75) is 28.7 Å². The number of hydrogen-bond donors (Lipinski definition) is 1. The maximum Gasteiger partial charge on any atom is 0.308 e. The van der Waals surface area contributed by atoms with Gasteiger partial charge in [-0.3, -0.25) is 4.79 Å². The van der Waals surface area contributed by atoms with Gasteiger partial charge in [0.15, 0.2) is 0 Å². The van der Waals surface area contributed by atoms with Crippen LogP contribution in [0.5, 0.6) is 0 Å². The molecule has 23 heavy (non-hydrogen) atoms. The van der Waals surface area contributed by atoms with Crippen LogP contribution in [0, 0.1) is 5.92 Å². The number of nitrogens with zero attached hydrogens (tertiary/aromatic N) is 1. The minimum Gasteiger partial charge on any atom is -0.481 e. The minimum absolute atomic E-state index is 0.135. The Morgan fingerprint density at radius 2 is 2.04 bits per heavy atom. The van der Waals surface area contributed by atoms with Gasteiger partial charge in [-0.2, -0.15) is 0 Å². The summed E-state index contributed by atoms with van der Waals surface area (Å²) in [5.74, 6) is -1.11. The fourth-order valence-electron chi connectivity index (χ4n) is 3.65. The van der Waals surface area contributed by atoms with Crippen LogP contribution >= 0.6 is 23.4 Å². The van der Waals surface area contributed by atoms with Crippen molar-refractivity contribution in [3.63, 3.8) is 0 Å². The van der Waals surface area contributed by atoms with Gasteiger partial charge in [0, 0.05) is 21.4 Å². The highest BCUT2D eigenvalue weighted by Crippen LogP contribution is 2.50. The summed E-state index contributed by atoms with van der Waals surface area (Å²) >= 11 is 7.92. The van der Waals surface area contributed by atoms with Gasteiger partial charge in [0.25, 0.3) is 0 Å². The second-order valence-electron chi connectivity index (χ2n) is 5.98. The molecular weight excluding hydrogens is 330 g/mol. The molecule has 1 saturated heterocycles. The van der Waals surface area contributed by atoms with Crippen LogP contribution in [0.4, 0.5) is 5.69 Å². The fraction of sp³-hybridized carbons (Fsp3) is 0.278. The molecule has 1 N–H and O–H groups in total. The van der Waals surface area contributed by atoms with Crippen molar-refractivity contribution in [2.24, 2.45) is 5.92 Å². The van der Waals surface area contributed by atoms with E-state index in [9.17, 15) is 9.90 Å². The maximum atomic E-state index is 11.9. The Hall–Kier alpha value is -1.65. The molecule has 2 heterocycles. The normalized spacial score (nSPS) is 22.6. The molecule has 0 spiro atoms. The summed E-state index contributed by atoms with van der Waals surface area (Å²) in [6, 6.07) is 13.9. The molecule has 3 nitrogen and oxygen atoms in total. The summed E-state index contributed by atoms with van der Waals surface area (Å²) in [5, 5.41) is 10.4. The Bertz CT molecular complexity index is 779. The molecule has 2 atom stereocenters. The fourth-order valence-corrected chi connectivity index (χ4v) is 4.92. The summed E-state index contributed by atoms with van der Waals surface area (Å²) in [6.45, 7) is 0.858. The number of fused-ring (bicyclic) bond motifs is 5. The molecule has 0 aromatic heterocycles. The molecule has 0 radical (unpaired) electrons. The average Bonchev–Trinajstić information content (AvgIpc) is 2.69. The van der Waals surface area contributed by atoms with Gasteiger partial charge in [-0.15, -0.1) is 0 Å². The van der Waals surface area contributed by atoms with Crippen LogP contribution in [-0.2, 0) is 4.79 Å². The van der Waals surface area contributed by atoms with Crippen molar-refractivity contribution in [1.82, 2.24) is 0 Å². The summed E-state index contributed by atoms with van der Waals surface area (Å²) in [6.07, 6.45) is 1.59. The Morgan fingerprint density at radius 1 is 1.22 bits per heavy atom. The van der Waals surface area contributed by atoms with E-state index >= 15 is 0 Å². The molecule has 0 aliphatic carbocycles. The lowest BCUT2D eigenvalue weighted by Gasteiger charge is -2.41. The zero-order valence-corrected chi connectivity index (χ0v) is 14.0. The topological polar surface area (TPSA) is 40.5 Å². The monoisotopic (exact) mass is 345 g/mol. The quantitative estimate of drug-likeness (QED) is 0.802. The van der Waals surface area contributed by atoms with Crippen LogP contribution in [0.15, 0.2) is 52.3 Å². The largest absolute Gasteiger partial charge is 0.481 e. The molecule has 2 aromatic carbocycles. The van der Waals surface area contributed by atoms with Crippen molar-refractivity contribution in [3.8, 4) is 0 Å². The van der Waals surface area contributed by atoms with E-state index < -0.39 is 11.9 Å². The van der Waals surface area contributed by atoms with Crippen molar-refractivity contribution < 1.29 is 9.90 Å². The van der Waals surface area contributed by atoms with Gasteiger partial charge in [-0.1, -0.05) is 41.6 Å². The summed E-state index contributed by atoms with van der Waals surface area (Å²) in [4.78, 5) is 16.4. The van der Waals surface area contributed by atoms with Crippen LogP contribution in [0.3, 0.4) is 0 Å². The lowest BCUT2D eigenvalue weighted by atomic mass is 9.84. The number of carbonyl (C=O) groups is 1. The van der Waals surface area contributed by atoms with E-state index in [4.69, 9.17) is 11.6 Å². The highest BCUT2D eigenvalue weighted by molar-refractivity contribution is 7.99. The number of benzene rings is 2. The van der Waals surface area contributed by atoms with Crippen molar-refractivity contribution in [1.29, 1.82) is 0 Å². The number of halogens is 1. The number of carboxylic acids is 1. The van der Waals surface area contributed by atoms with Gasteiger partial charge >= 0.3 is 5.97 Å². The number of hydrogen-bond acceptors (Lipinski definition) is 3. The van der Waals surface area contributed by atoms with E-state index in [1.807, 2.05) is 30.3 Å². The first-order chi connectivity index (χ1) is 11.1. The third-order valence-electron chi connectivity index (χ3n) is 4.64. The van der Waals surface area contributed by atoms with Crippen LogP contribution in [0.25, 0.3) is 0 Å². The van der Waals surface area contributed by atoms with Crippen molar-refractivity contribution >= 4 is 35.0 Å². The third kappa shape index (κ3) is 2.50. The molecule has 2 aliphatic rings. The first kappa shape index (κ1) is 14.9. The summed E-state index contributed by atoms with van der Waals surface area (Å²) in [5.41, 5.74) is 2.16. The molecular formula is C18H16ClNO2S. The predicted octanol–water partition coefficient (Wildman–Crippen LogP) is 4.85. The Morgan fingerprint density at radius 3 is 2.87 bits per heavy atom. The highest BCUT2D eigenvalue weighted by atomic mass is 35.5. The van der Waals surface area contributed by atoms with Gasteiger partial charge in [0.2, 0.25) is 0 Å². The zero-order valence-electron chi connectivity index (χ0n) is 12.4. The first-order valence-electron chi connectivity index (χ1n) is 7.71. The molecule has 4 rings (SSSR count). The van der Waals surface area contributed by atoms with Gasteiger partial charge in [0.1, 0.15) is 0 Å². The van der Waals surface area contributed by atoms with E-state index in [0.29, 0.717) is 11.4 Å². The lowest BCUT2D eigenvalue weighted by molar-refractivity contribution is -0.143. The first-order valence-corrected chi connectivity index (χ1v) is 8.90. The maximum absolute atomic E-state index is 11.9. The number of carboxylic acid groups (broad SMARTS) is 1. The van der Waals surface area contributed by atoms with Crippen LogP contribution in [-0.4, -0.2) is 17.6 Å². The van der Waals surface area contributed by atoms with Crippen molar-refractivity contribution in [3.05, 3.63) is 53.1 Å². The molecule has 118 valence electrons. The third-order valence-corrected chi connectivity index (χ3v) is 6.03. The van der Waals surface area contributed by atoms with Crippen LogP contribution < -0.4 is 4.90 Å². The highest BCUT2D eigenvalue weighted by Gasteiger charge is 2.40. The van der Waals surface area contributed by atoms with E-state index in [2.05, 4.69) is 17.0 Å². The molecule has 0 bridgehead atoms. The molecule has 0 unspecified atom stereocenters. The Balaban J connectivity index is 1.95. The minimum atomic E-state index is -0.718. The number of rotatable bonds is 1. The molecule has 1 fully saturated rings. The summed E-state index contributed by atoms with van der Waals surface area (Å²) in [7, 11) is 0. The second kappa shape index (κ2) is 5.77. The average molecular weight is 346 g/mol. The Kier molecular flexibility index (Phi) is 3.74. The summed E-state index contributed by atoms with van der Waals surface area (Å²) < 4.78 is 0. The van der Waals surface area contributed by atoms with Gasteiger partial charge in [-0.05, 0) is 42.7 Å². The van der Waals surface area contributed by atoms with E-state index in [1.165, 1.54) is 0 Å². The number of aliphatic carboxylic acids is 1. The molecule has 5 heteroatoms. The van der Waals surface area contributed by atoms with Gasteiger partial charge in [-0.25, -0.2) is 0 Å². The molecule has 0 saturated carbocycles. The van der Waals surface area contributed by atoms with Gasteiger partial charge < -0.3 is 10.0 Å². The zero-order chi connectivity index (χ0) is 16.0. The molecule has 0 amide bonds. The predicted molar refractivity (Wildman–Crippen MR) is 92.5 cm³/mol. The van der Waals surface area contributed by atoms with E-state index in [-0.39, 0.29) is 6.04 Å².